The van der Waals surface area contributed by atoms with Crippen molar-refractivity contribution in [2.45, 2.75) is 6.42 Å². The third-order valence-electron chi connectivity index (χ3n) is 2.39. The summed E-state index contributed by atoms with van der Waals surface area (Å²) in [4.78, 5) is 10.4. The predicted molar refractivity (Wildman–Crippen MR) is 68.5 cm³/mol. The molecule has 0 saturated heterocycles. The van der Waals surface area contributed by atoms with Gasteiger partial charge in [-0.25, -0.2) is 4.39 Å². The lowest BCUT2D eigenvalue weighted by atomic mass is 10.2. The lowest BCUT2D eigenvalue weighted by Gasteiger charge is -2.17. The minimum Gasteiger partial charge on any atom is -0.481 e. The summed E-state index contributed by atoms with van der Waals surface area (Å²) in [5, 5.41) is 17.1. The van der Waals surface area contributed by atoms with Crippen LogP contribution in [-0.2, 0) is 15.0 Å². The SMILES string of the molecule is CN(CCC(=O)O)S(=O)(=O)Nc1ccc(C#N)cc1F. The number of nitriles is 1. The number of halogens is 1. The molecule has 0 atom stereocenters. The molecule has 0 spiro atoms. The van der Waals surface area contributed by atoms with Gasteiger partial charge in [0, 0.05) is 13.6 Å². The smallest absolute Gasteiger partial charge is 0.304 e. The Balaban J connectivity index is 2.86. The zero-order valence-electron chi connectivity index (χ0n) is 10.5. The van der Waals surface area contributed by atoms with Crippen molar-refractivity contribution in [1.29, 1.82) is 5.26 Å². The van der Waals surface area contributed by atoms with Crippen molar-refractivity contribution < 1.29 is 22.7 Å². The molecule has 0 fully saturated rings. The van der Waals surface area contributed by atoms with Gasteiger partial charge in [-0.2, -0.15) is 18.0 Å². The summed E-state index contributed by atoms with van der Waals surface area (Å²) >= 11 is 0. The van der Waals surface area contributed by atoms with Gasteiger partial charge in [0.1, 0.15) is 5.82 Å². The Bertz CT molecular complexity index is 654. The Morgan fingerprint density at radius 1 is 1.55 bits per heavy atom. The summed E-state index contributed by atoms with van der Waals surface area (Å²) in [5.74, 6) is -2.03. The van der Waals surface area contributed by atoms with E-state index >= 15 is 0 Å². The van der Waals surface area contributed by atoms with Crippen molar-refractivity contribution in [3.63, 3.8) is 0 Å². The molecule has 0 heterocycles. The molecule has 9 heteroatoms. The van der Waals surface area contributed by atoms with Crippen LogP contribution in [0.1, 0.15) is 12.0 Å². The van der Waals surface area contributed by atoms with E-state index in [9.17, 15) is 17.6 Å². The number of carbonyl (C=O) groups is 1. The summed E-state index contributed by atoms with van der Waals surface area (Å²) in [6.45, 7) is -0.247. The Kier molecular flexibility index (Phi) is 5.01. The van der Waals surface area contributed by atoms with Crippen LogP contribution in [0.3, 0.4) is 0 Å². The van der Waals surface area contributed by atoms with Crippen LogP contribution < -0.4 is 4.72 Å². The number of nitrogens with zero attached hydrogens (tertiary/aromatic N) is 2. The third kappa shape index (κ3) is 4.18. The van der Waals surface area contributed by atoms with Gasteiger partial charge in [-0.1, -0.05) is 0 Å². The third-order valence-corrected chi connectivity index (χ3v) is 3.87. The Hall–Kier alpha value is -2.18. The Labute approximate surface area is 115 Å². The van der Waals surface area contributed by atoms with Crippen molar-refractivity contribution in [1.82, 2.24) is 4.31 Å². The molecule has 20 heavy (non-hydrogen) atoms. The second-order valence-corrected chi connectivity index (χ2v) is 5.66. The van der Waals surface area contributed by atoms with Gasteiger partial charge in [-0.05, 0) is 18.2 Å². The van der Waals surface area contributed by atoms with E-state index in [2.05, 4.69) is 0 Å². The van der Waals surface area contributed by atoms with E-state index in [1.807, 2.05) is 4.72 Å². The lowest BCUT2D eigenvalue weighted by Crippen LogP contribution is -2.34. The Morgan fingerprint density at radius 2 is 2.20 bits per heavy atom. The lowest BCUT2D eigenvalue weighted by molar-refractivity contribution is -0.137. The molecule has 0 aromatic heterocycles. The number of carboxylic acids is 1. The van der Waals surface area contributed by atoms with Gasteiger partial charge >= 0.3 is 16.2 Å². The number of hydrogen-bond acceptors (Lipinski definition) is 4. The molecule has 1 aromatic carbocycles. The molecule has 7 nitrogen and oxygen atoms in total. The van der Waals surface area contributed by atoms with Crippen LogP contribution in [0.4, 0.5) is 10.1 Å². The molecular formula is C11H12FN3O4S. The van der Waals surface area contributed by atoms with Crippen LogP contribution in [0.2, 0.25) is 0 Å². The minimum absolute atomic E-state index is 0.0599. The maximum atomic E-state index is 13.6. The maximum absolute atomic E-state index is 13.6. The van der Waals surface area contributed by atoms with E-state index in [0.717, 1.165) is 16.4 Å². The summed E-state index contributed by atoms with van der Waals surface area (Å²) < 4.78 is 39.9. The Morgan fingerprint density at radius 3 is 2.70 bits per heavy atom. The fraction of sp³-hybridized carbons (Fsp3) is 0.273. The molecule has 108 valence electrons. The fourth-order valence-electron chi connectivity index (χ4n) is 1.26. The maximum Gasteiger partial charge on any atom is 0.304 e. The molecule has 0 saturated carbocycles. The van der Waals surface area contributed by atoms with E-state index in [4.69, 9.17) is 10.4 Å². The first kappa shape index (κ1) is 15.9. The number of rotatable bonds is 6. The monoisotopic (exact) mass is 301 g/mol. The highest BCUT2D eigenvalue weighted by molar-refractivity contribution is 7.90. The normalized spacial score (nSPS) is 11.1. The fourth-order valence-corrected chi connectivity index (χ4v) is 2.19. The van der Waals surface area contributed by atoms with Gasteiger partial charge in [0.05, 0.1) is 23.7 Å². The van der Waals surface area contributed by atoms with Gasteiger partial charge in [0.15, 0.2) is 0 Å². The molecule has 0 aliphatic rings. The van der Waals surface area contributed by atoms with Crippen molar-refractivity contribution in [3.05, 3.63) is 29.6 Å². The summed E-state index contributed by atoms with van der Waals surface area (Å²) in [7, 11) is -2.88. The van der Waals surface area contributed by atoms with Crippen molar-refractivity contribution in [2.75, 3.05) is 18.3 Å². The van der Waals surface area contributed by atoms with E-state index < -0.39 is 22.0 Å². The van der Waals surface area contributed by atoms with E-state index in [-0.39, 0.29) is 24.2 Å². The van der Waals surface area contributed by atoms with Crippen LogP contribution in [-0.4, -0.2) is 37.4 Å². The zero-order chi connectivity index (χ0) is 15.3. The van der Waals surface area contributed by atoms with E-state index in [0.29, 0.717) is 0 Å². The molecule has 0 bridgehead atoms. The largest absolute Gasteiger partial charge is 0.481 e. The van der Waals surface area contributed by atoms with Crippen LogP contribution in [0.25, 0.3) is 0 Å². The summed E-state index contributed by atoms with van der Waals surface area (Å²) in [5.41, 5.74) is -0.254. The van der Waals surface area contributed by atoms with Crippen molar-refractivity contribution >= 4 is 21.9 Å². The highest BCUT2D eigenvalue weighted by Crippen LogP contribution is 2.17. The molecule has 1 rings (SSSR count). The van der Waals surface area contributed by atoms with Gasteiger partial charge < -0.3 is 5.11 Å². The first-order valence-electron chi connectivity index (χ1n) is 5.42. The van der Waals surface area contributed by atoms with Crippen LogP contribution in [0.15, 0.2) is 18.2 Å². The number of benzene rings is 1. The van der Waals surface area contributed by atoms with Crippen molar-refractivity contribution in [2.24, 2.45) is 0 Å². The molecule has 1 aromatic rings. The second kappa shape index (κ2) is 6.31. The predicted octanol–water partition coefficient (Wildman–Crippen LogP) is 0.761. The van der Waals surface area contributed by atoms with Gasteiger partial charge in [0.2, 0.25) is 0 Å². The molecule has 0 unspecified atom stereocenters. The van der Waals surface area contributed by atoms with Crippen LogP contribution in [0.5, 0.6) is 0 Å². The first-order valence-corrected chi connectivity index (χ1v) is 6.86. The molecular weight excluding hydrogens is 289 g/mol. The van der Waals surface area contributed by atoms with Crippen LogP contribution in [0, 0.1) is 17.1 Å². The molecule has 0 aliphatic heterocycles. The van der Waals surface area contributed by atoms with Crippen LogP contribution >= 0.6 is 0 Å². The molecule has 0 amide bonds. The van der Waals surface area contributed by atoms with E-state index in [1.54, 1.807) is 6.07 Å². The highest BCUT2D eigenvalue weighted by Gasteiger charge is 2.20. The number of hydrogen-bond donors (Lipinski definition) is 2. The first-order chi connectivity index (χ1) is 9.26. The number of aliphatic carboxylic acids is 1. The topological polar surface area (TPSA) is 110 Å². The molecule has 0 radical (unpaired) electrons. The van der Waals surface area contributed by atoms with E-state index in [1.165, 1.54) is 13.1 Å². The summed E-state index contributed by atoms with van der Waals surface area (Å²) in [6.07, 6.45) is -0.368. The van der Waals surface area contributed by atoms with Gasteiger partial charge in [0.25, 0.3) is 0 Å². The summed E-state index contributed by atoms with van der Waals surface area (Å²) in [6, 6.07) is 5.00. The molecule has 0 aliphatic carbocycles. The second-order valence-electron chi connectivity index (χ2n) is 3.88. The minimum atomic E-state index is -4.05. The standard InChI is InChI=1S/C11H12FN3O4S/c1-15(5-4-11(16)17)20(18,19)14-10-3-2-8(7-13)6-9(10)12/h2-3,6,14H,4-5H2,1H3,(H,16,17). The quantitative estimate of drug-likeness (QED) is 0.806. The number of carboxylic acid groups (broad SMARTS) is 1. The average Bonchev–Trinajstić information content (AvgIpc) is 2.37. The highest BCUT2D eigenvalue weighted by atomic mass is 32.2. The number of anilines is 1. The van der Waals surface area contributed by atoms with Gasteiger partial charge in [-0.3, -0.25) is 9.52 Å². The number of nitrogens with one attached hydrogen (secondary N) is 1. The average molecular weight is 301 g/mol. The van der Waals surface area contributed by atoms with Crippen molar-refractivity contribution in [3.8, 4) is 6.07 Å². The molecule has 2 N–H and O–H groups in total. The zero-order valence-corrected chi connectivity index (χ0v) is 11.3. The van der Waals surface area contributed by atoms with Gasteiger partial charge in [-0.15, -0.1) is 0 Å².